The number of hydrogen-bond acceptors (Lipinski definition) is 7. The first-order valence-corrected chi connectivity index (χ1v) is 8.96. The fourth-order valence-electron chi connectivity index (χ4n) is 2.99. The number of non-ortho nitro benzene ring substituents is 1. The van der Waals surface area contributed by atoms with E-state index in [9.17, 15) is 14.9 Å². The minimum Gasteiger partial charge on any atom is -0.342 e. The molecule has 0 spiro atoms. The highest BCUT2D eigenvalue weighted by molar-refractivity contribution is 8.00. The first kappa shape index (κ1) is 17.4. The number of nitrogens with zero attached hydrogens (tertiary/aromatic N) is 3. The SMILES string of the molecule is Cc1nc(C2(NC(=O)CSc3ccc([N+](=O)[O-])cc3)CCCC2)no1. The van der Waals surface area contributed by atoms with Crippen LogP contribution in [0.15, 0.2) is 33.7 Å². The van der Waals surface area contributed by atoms with Crippen molar-refractivity contribution < 1.29 is 14.2 Å². The Labute approximate surface area is 148 Å². The Morgan fingerprint density at radius 3 is 2.60 bits per heavy atom. The maximum Gasteiger partial charge on any atom is 0.269 e. The van der Waals surface area contributed by atoms with Crippen LogP contribution < -0.4 is 5.32 Å². The molecular weight excluding hydrogens is 344 g/mol. The fourth-order valence-corrected chi connectivity index (χ4v) is 3.69. The Balaban J connectivity index is 1.61. The van der Waals surface area contributed by atoms with Crippen molar-refractivity contribution in [2.45, 2.75) is 43.0 Å². The number of amides is 1. The van der Waals surface area contributed by atoms with Gasteiger partial charge in [-0.3, -0.25) is 14.9 Å². The molecular formula is C16H18N4O4S. The number of carbonyl (C=O) groups excluding carboxylic acids is 1. The Kier molecular flexibility index (Phi) is 5.03. The largest absolute Gasteiger partial charge is 0.342 e. The van der Waals surface area contributed by atoms with Gasteiger partial charge in [0.1, 0.15) is 5.54 Å². The molecule has 0 saturated heterocycles. The van der Waals surface area contributed by atoms with Crippen LogP contribution in [0.4, 0.5) is 5.69 Å². The van der Waals surface area contributed by atoms with Crippen LogP contribution in [0, 0.1) is 17.0 Å². The van der Waals surface area contributed by atoms with Crippen LogP contribution in [0.3, 0.4) is 0 Å². The number of thioether (sulfide) groups is 1. The summed E-state index contributed by atoms with van der Waals surface area (Å²) in [6, 6.07) is 6.15. The van der Waals surface area contributed by atoms with E-state index in [1.54, 1.807) is 19.1 Å². The minimum absolute atomic E-state index is 0.0335. The highest BCUT2D eigenvalue weighted by Gasteiger charge is 2.41. The van der Waals surface area contributed by atoms with Gasteiger partial charge < -0.3 is 9.84 Å². The monoisotopic (exact) mass is 362 g/mol. The number of nitro groups is 1. The van der Waals surface area contributed by atoms with Crippen molar-refractivity contribution in [1.82, 2.24) is 15.5 Å². The lowest BCUT2D eigenvalue weighted by atomic mass is 9.96. The van der Waals surface area contributed by atoms with Gasteiger partial charge in [0.2, 0.25) is 11.8 Å². The van der Waals surface area contributed by atoms with E-state index in [-0.39, 0.29) is 17.3 Å². The number of aromatic nitrogens is 2. The first-order valence-electron chi connectivity index (χ1n) is 7.98. The molecule has 9 heteroatoms. The van der Waals surface area contributed by atoms with Gasteiger partial charge in [-0.1, -0.05) is 18.0 Å². The van der Waals surface area contributed by atoms with E-state index >= 15 is 0 Å². The molecule has 1 aromatic heterocycles. The molecule has 3 rings (SSSR count). The number of aryl methyl sites for hydroxylation is 1. The third-order valence-electron chi connectivity index (χ3n) is 4.21. The summed E-state index contributed by atoms with van der Waals surface area (Å²) in [6.07, 6.45) is 3.59. The van der Waals surface area contributed by atoms with Crippen molar-refractivity contribution in [3.8, 4) is 0 Å². The van der Waals surface area contributed by atoms with Crippen molar-refractivity contribution in [3.63, 3.8) is 0 Å². The van der Waals surface area contributed by atoms with E-state index in [2.05, 4.69) is 15.5 Å². The van der Waals surface area contributed by atoms with Crippen LogP contribution in [0.25, 0.3) is 0 Å². The average molecular weight is 362 g/mol. The molecule has 1 N–H and O–H groups in total. The predicted octanol–water partition coefficient (Wildman–Crippen LogP) is 2.96. The Morgan fingerprint density at radius 2 is 2.04 bits per heavy atom. The second kappa shape index (κ2) is 7.22. The second-order valence-corrected chi connectivity index (χ2v) is 7.06. The highest BCUT2D eigenvalue weighted by Crippen LogP contribution is 2.37. The van der Waals surface area contributed by atoms with Gasteiger partial charge in [-0.05, 0) is 25.0 Å². The van der Waals surface area contributed by atoms with Gasteiger partial charge in [0, 0.05) is 24.0 Å². The summed E-state index contributed by atoms with van der Waals surface area (Å²) in [4.78, 5) is 27.7. The van der Waals surface area contributed by atoms with Gasteiger partial charge in [0.05, 0.1) is 10.7 Å². The Hall–Kier alpha value is -2.42. The van der Waals surface area contributed by atoms with E-state index in [0.717, 1.165) is 30.6 Å². The van der Waals surface area contributed by atoms with Gasteiger partial charge in [-0.15, -0.1) is 11.8 Å². The maximum atomic E-state index is 12.4. The van der Waals surface area contributed by atoms with Gasteiger partial charge in [0.15, 0.2) is 5.82 Å². The summed E-state index contributed by atoms with van der Waals surface area (Å²) in [5.41, 5.74) is -0.517. The summed E-state index contributed by atoms with van der Waals surface area (Å²) in [7, 11) is 0. The third kappa shape index (κ3) is 3.98. The van der Waals surface area contributed by atoms with Gasteiger partial charge in [-0.25, -0.2) is 0 Å². The molecule has 8 nitrogen and oxygen atoms in total. The van der Waals surface area contributed by atoms with Crippen LogP contribution in [0.2, 0.25) is 0 Å². The standard InChI is InChI=1S/C16H18N4O4S/c1-11-17-15(19-24-11)16(8-2-3-9-16)18-14(21)10-25-13-6-4-12(5-7-13)20(22)23/h4-7H,2-3,8-10H2,1H3,(H,18,21). The van der Waals surface area contributed by atoms with E-state index in [4.69, 9.17) is 4.52 Å². The molecule has 1 aliphatic rings. The second-order valence-electron chi connectivity index (χ2n) is 6.01. The minimum atomic E-state index is -0.551. The average Bonchev–Trinajstić information content (AvgIpc) is 3.23. The Bertz CT molecular complexity index is 769. The lowest BCUT2D eigenvalue weighted by Crippen LogP contribution is -2.45. The van der Waals surface area contributed by atoms with Gasteiger partial charge >= 0.3 is 0 Å². The molecule has 0 bridgehead atoms. The molecule has 1 aromatic carbocycles. The molecule has 25 heavy (non-hydrogen) atoms. The summed E-state index contributed by atoms with van der Waals surface area (Å²) in [5, 5.41) is 17.7. The fraction of sp³-hybridized carbons (Fsp3) is 0.438. The number of rotatable bonds is 6. The third-order valence-corrected chi connectivity index (χ3v) is 5.22. The van der Waals surface area contributed by atoms with E-state index in [1.165, 1.54) is 23.9 Å². The molecule has 0 atom stereocenters. The molecule has 1 saturated carbocycles. The quantitative estimate of drug-likeness (QED) is 0.477. The van der Waals surface area contributed by atoms with Crippen molar-refractivity contribution >= 4 is 23.4 Å². The zero-order valence-corrected chi connectivity index (χ0v) is 14.5. The van der Waals surface area contributed by atoms with Crippen molar-refractivity contribution in [2.24, 2.45) is 0 Å². The Morgan fingerprint density at radius 1 is 1.36 bits per heavy atom. The molecule has 1 aliphatic carbocycles. The van der Waals surface area contributed by atoms with E-state index < -0.39 is 10.5 Å². The zero-order valence-electron chi connectivity index (χ0n) is 13.7. The lowest BCUT2D eigenvalue weighted by Gasteiger charge is -2.26. The summed E-state index contributed by atoms with van der Waals surface area (Å²) >= 11 is 1.33. The summed E-state index contributed by atoms with van der Waals surface area (Å²) < 4.78 is 5.07. The van der Waals surface area contributed by atoms with Crippen LogP contribution in [-0.4, -0.2) is 26.7 Å². The molecule has 1 heterocycles. The topological polar surface area (TPSA) is 111 Å². The van der Waals surface area contributed by atoms with Crippen LogP contribution in [0.1, 0.15) is 37.4 Å². The highest BCUT2D eigenvalue weighted by atomic mass is 32.2. The smallest absolute Gasteiger partial charge is 0.269 e. The van der Waals surface area contributed by atoms with Crippen molar-refractivity contribution in [3.05, 3.63) is 46.1 Å². The molecule has 0 unspecified atom stereocenters. The summed E-state index contributed by atoms with van der Waals surface area (Å²) in [6.45, 7) is 1.73. The van der Waals surface area contributed by atoms with Crippen LogP contribution in [0.5, 0.6) is 0 Å². The van der Waals surface area contributed by atoms with Crippen molar-refractivity contribution in [1.29, 1.82) is 0 Å². The maximum absolute atomic E-state index is 12.4. The lowest BCUT2D eigenvalue weighted by molar-refractivity contribution is -0.384. The molecule has 0 radical (unpaired) electrons. The number of nitro benzene ring substituents is 1. The van der Waals surface area contributed by atoms with E-state index in [1.807, 2.05) is 0 Å². The van der Waals surface area contributed by atoms with Crippen LogP contribution in [-0.2, 0) is 10.3 Å². The number of benzene rings is 1. The van der Waals surface area contributed by atoms with Crippen LogP contribution >= 0.6 is 11.8 Å². The van der Waals surface area contributed by atoms with Gasteiger partial charge in [0.25, 0.3) is 5.69 Å². The molecule has 2 aromatic rings. The molecule has 1 fully saturated rings. The van der Waals surface area contributed by atoms with E-state index in [0.29, 0.717) is 11.7 Å². The molecule has 1 amide bonds. The first-order chi connectivity index (χ1) is 12.0. The number of carbonyl (C=O) groups is 1. The van der Waals surface area contributed by atoms with Crippen molar-refractivity contribution in [2.75, 3.05) is 5.75 Å². The summed E-state index contributed by atoms with van der Waals surface area (Å²) in [5.74, 6) is 1.12. The molecule has 132 valence electrons. The molecule has 0 aliphatic heterocycles. The normalized spacial score (nSPS) is 15.9. The zero-order chi connectivity index (χ0) is 17.9. The number of nitrogens with one attached hydrogen (secondary N) is 1. The van der Waals surface area contributed by atoms with Gasteiger partial charge in [-0.2, -0.15) is 4.98 Å². The number of hydrogen-bond donors (Lipinski definition) is 1. The predicted molar refractivity (Wildman–Crippen MR) is 91.1 cm³/mol.